The Morgan fingerprint density at radius 3 is 0.714 bits per heavy atom. The first kappa shape index (κ1) is 33.6. The van der Waals surface area contributed by atoms with Gasteiger partial charge in [-0.1, -0.05) is 13.8 Å². The van der Waals surface area contributed by atoms with Crippen molar-refractivity contribution in [2.75, 3.05) is 0 Å². The molecule has 21 heavy (non-hydrogen) atoms. The van der Waals surface area contributed by atoms with Gasteiger partial charge in [-0.05, 0) is 66.0 Å². The third kappa shape index (κ3) is 304. The predicted molar refractivity (Wildman–Crippen MR) is 95.1 cm³/mol. The zero-order chi connectivity index (χ0) is 17.6. The summed E-state index contributed by atoms with van der Waals surface area (Å²) in [5.41, 5.74) is 0. The van der Waals surface area contributed by atoms with Crippen LogP contribution in [0.5, 0.6) is 0 Å². The molecule has 2 atom stereocenters. The van der Waals surface area contributed by atoms with Crippen LogP contribution in [0, 0.1) is 0 Å². The molecule has 0 saturated heterocycles. The van der Waals surface area contributed by atoms with Gasteiger partial charge >= 0.3 is 0 Å². The Labute approximate surface area is 150 Å². The molecule has 0 amide bonds. The van der Waals surface area contributed by atoms with E-state index in [1.54, 1.807) is 13.8 Å². The first-order valence-corrected chi connectivity index (χ1v) is 14.2. The smallest absolute Gasteiger partial charge is 0.179 e. The number of rotatable bonds is 2. The molecule has 132 valence electrons. The van der Waals surface area contributed by atoms with Gasteiger partial charge in [0, 0.05) is 21.7 Å². The van der Waals surface area contributed by atoms with Crippen LogP contribution in [0.4, 0.5) is 0 Å². The van der Waals surface area contributed by atoms with E-state index in [-0.39, 0.29) is 33.9 Å². The molecule has 0 fully saturated rings. The molecule has 0 spiro atoms. The third-order valence-electron chi connectivity index (χ3n) is 1.18. The van der Waals surface area contributed by atoms with Crippen molar-refractivity contribution in [2.45, 2.75) is 92.0 Å². The summed E-state index contributed by atoms with van der Waals surface area (Å²) in [4.78, 5) is 17.3. The van der Waals surface area contributed by atoms with Gasteiger partial charge in [-0.15, -0.1) is 0 Å². The standard InChI is InChI=1S/2C4H10O.2C3H10OSi.Ti/c2*1-3-4(2)5;2*1-5(2,3)4;/h2*4-5H,3H2,1-2H3;2*4H,1-3H3;. The number of hydrogen-bond acceptors (Lipinski definition) is 4. The monoisotopic (exact) mass is 376 g/mol. The van der Waals surface area contributed by atoms with Gasteiger partial charge in [0.2, 0.25) is 0 Å². The Kier molecular flexibility index (Phi) is 30.4. The minimum atomic E-state index is -1.61. The molecule has 0 aliphatic heterocycles. The Bertz CT molecular complexity index is 147. The fraction of sp³-hybridized carbons (Fsp3) is 1.00. The van der Waals surface area contributed by atoms with E-state index in [1.165, 1.54) is 0 Å². The van der Waals surface area contributed by atoms with Crippen LogP contribution in [-0.2, 0) is 21.7 Å². The van der Waals surface area contributed by atoms with Crippen molar-refractivity contribution in [3.8, 4) is 0 Å². The summed E-state index contributed by atoms with van der Waals surface area (Å²) in [5, 5.41) is 16.7. The van der Waals surface area contributed by atoms with Gasteiger partial charge < -0.3 is 19.8 Å². The first-order chi connectivity index (χ1) is 8.54. The molecule has 0 aliphatic rings. The van der Waals surface area contributed by atoms with Crippen molar-refractivity contribution < 1.29 is 41.5 Å². The van der Waals surface area contributed by atoms with E-state index in [0.29, 0.717) is 0 Å². The maximum absolute atomic E-state index is 8.66. The molecule has 0 radical (unpaired) electrons. The molecule has 7 heteroatoms. The molecular formula is C14H40O4Si2Ti. The topological polar surface area (TPSA) is 80.9 Å². The molecule has 0 aromatic rings. The third-order valence-corrected chi connectivity index (χ3v) is 1.18. The summed E-state index contributed by atoms with van der Waals surface area (Å²) in [6.07, 6.45) is 1.49. The van der Waals surface area contributed by atoms with Crippen molar-refractivity contribution in [2.24, 2.45) is 0 Å². The Hall–Kier alpha value is 0.988. The van der Waals surface area contributed by atoms with Crippen molar-refractivity contribution >= 4 is 16.6 Å². The van der Waals surface area contributed by atoms with E-state index >= 15 is 0 Å². The average molecular weight is 377 g/mol. The van der Waals surface area contributed by atoms with Crippen LogP contribution in [0.2, 0.25) is 39.3 Å². The van der Waals surface area contributed by atoms with E-state index in [2.05, 4.69) is 0 Å². The largest absolute Gasteiger partial charge is 0.433 e. The zero-order valence-corrected chi connectivity index (χ0v) is 19.4. The molecule has 0 heterocycles. The minimum Gasteiger partial charge on any atom is -0.433 e. The van der Waals surface area contributed by atoms with Gasteiger partial charge in [0.05, 0.1) is 12.2 Å². The van der Waals surface area contributed by atoms with Crippen molar-refractivity contribution in [1.29, 1.82) is 0 Å². The van der Waals surface area contributed by atoms with E-state index in [0.717, 1.165) is 12.8 Å². The molecular weight excluding hydrogens is 336 g/mol. The van der Waals surface area contributed by atoms with Crippen molar-refractivity contribution in [1.82, 2.24) is 0 Å². The molecule has 0 aromatic carbocycles. The van der Waals surface area contributed by atoms with Crippen LogP contribution >= 0.6 is 0 Å². The van der Waals surface area contributed by atoms with Gasteiger partial charge in [0.25, 0.3) is 0 Å². The molecule has 4 nitrogen and oxygen atoms in total. The van der Waals surface area contributed by atoms with E-state index in [1.807, 2.05) is 53.1 Å². The average Bonchev–Trinajstić information content (AvgIpc) is 2.13. The Morgan fingerprint density at radius 2 is 0.714 bits per heavy atom. The molecule has 2 unspecified atom stereocenters. The summed E-state index contributed by atoms with van der Waals surface area (Å²) in [7, 11) is -3.22. The van der Waals surface area contributed by atoms with E-state index < -0.39 is 16.6 Å². The first-order valence-electron chi connectivity index (χ1n) is 7.35. The Morgan fingerprint density at radius 1 is 0.667 bits per heavy atom. The maximum atomic E-state index is 8.66. The van der Waals surface area contributed by atoms with Crippen LogP contribution in [0.15, 0.2) is 0 Å². The summed E-state index contributed by atoms with van der Waals surface area (Å²) >= 11 is 0. The molecule has 0 aromatic heterocycles. The number of aliphatic hydroxyl groups excluding tert-OH is 2. The van der Waals surface area contributed by atoms with Crippen molar-refractivity contribution in [3.05, 3.63) is 0 Å². The SMILES string of the molecule is CCC(C)O.CCC(C)O.C[Si](C)(C)O.C[Si](C)(C)O.[Ti]. The molecule has 0 bridgehead atoms. The van der Waals surface area contributed by atoms with Gasteiger partial charge in [-0.3, -0.25) is 0 Å². The summed E-state index contributed by atoms with van der Waals surface area (Å²) in [6.45, 7) is 18.7. The summed E-state index contributed by atoms with van der Waals surface area (Å²) in [6, 6.07) is 0. The predicted octanol–water partition coefficient (Wildman–Crippen LogP) is 3.18. The van der Waals surface area contributed by atoms with Gasteiger partial charge in [-0.25, -0.2) is 0 Å². The van der Waals surface area contributed by atoms with Crippen LogP contribution in [-0.4, -0.2) is 48.6 Å². The number of hydrogen-bond donors (Lipinski definition) is 4. The fourth-order valence-electron chi connectivity index (χ4n) is 0. The second-order valence-electron chi connectivity index (χ2n) is 6.86. The quantitative estimate of drug-likeness (QED) is 0.558. The molecule has 4 N–H and O–H groups in total. The fourth-order valence-corrected chi connectivity index (χ4v) is 0. The normalized spacial score (nSPS) is 12.9. The van der Waals surface area contributed by atoms with Crippen LogP contribution in [0.25, 0.3) is 0 Å². The van der Waals surface area contributed by atoms with Gasteiger partial charge in [0.1, 0.15) is 0 Å². The maximum Gasteiger partial charge on any atom is 0.179 e. The van der Waals surface area contributed by atoms with Crippen molar-refractivity contribution in [3.63, 3.8) is 0 Å². The Balaban J connectivity index is -0.0000000533. The summed E-state index contributed by atoms with van der Waals surface area (Å²) in [5.74, 6) is 0. The van der Waals surface area contributed by atoms with Gasteiger partial charge in [0.15, 0.2) is 16.6 Å². The number of aliphatic hydroxyl groups is 2. The van der Waals surface area contributed by atoms with E-state index in [4.69, 9.17) is 19.8 Å². The summed E-state index contributed by atoms with van der Waals surface area (Å²) < 4.78 is 0. The minimum absolute atomic E-state index is 0. The van der Waals surface area contributed by atoms with Gasteiger partial charge in [-0.2, -0.15) is 0 Å². The molecule has 0 rings (SSSR count). The second kappa shape index (κ2) is 19.0. The van der Waals surface area contributed by atoms with Crippen LogP contribution in [0.1, 0.15) is 40.5 Å². The van der Waals surface area contributed by atoms with Crippen LogP contribution < -0.4 is 0 Å². The second-order valence-corrected chi connectivity index (χ2v) is 15.5. The van der Waals surface area contributed by atoms with Crippen LogP contribution in [0.3, 0.4) is 0 Å². The zero-order valence-electron chi connectivity index (χ0n) is 15.9. The van der Waals surface area contributed by atoms with E-state index in [9.17, 15) is 0 Å². The molecule has 0 aliphatic carbocycles. The molecule has 0 saturated carbocycles.